The SMILES string of the molecule is O=C(Nc1cccnc1)N1CCCC(Cc2ccc3c(c2)OC(F)(F)O3)C1. The van der Waals surface area contributed by atoms with Crippen molar-refractivity contribution in [2.75, 3.05) is 18.4 Å². The second kappa shape index (κ2) is 7.02. The monoisotopic (exact) mass is 375 g/mol. The number of benzene rings is 1. The number of likely N-dealkylation sites (tertiary alicyclic amines) is 1. The van der Waals surface area contributed by atoms with E-state index in [-0.39, 0.29) is 23.4 Å². The highest BCUT2D eigenvalue weighted by atomic mass is 19.3. The van der Waals surface area contributed by atoms with Gasteiger partial charge in [0.1, 0.15) is 0 Å². The predicted molar refractivity (Wildman–Crippen MR) is 93.9 cm³/mol. The first-order chi connectivity index (χ1) is 13.0. The van der Waals surface area contributed by atoms with Crippen LogP contribution in [0.25, 0.3) is 0 Å². The number of alkyl halides is 2. The van der Waals surface area contributed by atoms with E-state index in [9.17, 15) is 13.6 Å². The highest BCUT2D eigenvalue weighted by molar-refractivity contribution is 5.89. The molecule has 0 bridgehead atoms. The van der Waals surface area contributed by atoms with E-state index in [0.717, 1.165) is 18.4 Å². The Labute approximate surface area is 155 Å². The zero-order valence-corrected chi connectivity index (χ0v) is 14.5. The van der Waals surface area contributed by atoms with Crippen LogP contribution < -0.4 is 14.8 Å². The smallest absolute Gasteiger partial charge is 0.395 e. The third kappa shape index (κ3) is 4.10. The first-order valence-electron chi connectivity index (χ1n) is 8.83. The Morgan fingerprint density at radius 3 is 2.96 bits per heavy atom. The summed E-state index contributed by atoms with van der Waals surface area (Å²) < 4.78 is 35.2. The normalized spacial score (nSPS) is 20.4. The maximum Gasteiger partial charge on any atom is 0.586 e. The number of anilines is 1. The van der Waals surface area contributed by atoms with E-state index in [4.69, 9.17) is 0 Å². The summed E-state index contributed by atoms with van der Waals surface area (Å²) >= 11 is 0. The standard InChI is InChI=1S/C19H19F2N3O3/c20-19(21)26-16-6-5-13(10-17(16)27-19)9-14-3-2-8-24(12-14)18(25)23-15-4-1-7-22-11-15/h1,4-7,10-11,14H,2-3,8-9,12H2,(H,23,25). The summed E-state index contributed by atoms with van der Waals surface area (Å²) in [6.07, 6.45) is 2.19. The number of carbonyl (C=O) groups is 1. The van der Waals surface area contributed by atoms with Crippen LogP contribution in [-0.2, 0) is 6.42 Å². The molecule has 0 radical (unpaired) electrons. The molecule has 0 saturated carbocycles. The van der Waals surface area contributed by atoms with Crippen molar-refractivity contribution in [3.8, 4) is 11.5 Å². The van der Waals surface area contributed by atoms with Gasteiger partial charge in [-0.15, -0.1) is 8.78 Å². The van der Waals surface area contributed by atoms with Gasteiger partial charge in [-0.1, -0.05) is 6.07 Å². The summed E-state index contributed by atoms with van der Waals surface area (Å²) in [6.45, 7) is 1.30. The molecule has 3 heterocycles. The van der Waals surface area contributed by atoms with Crippen LogP contribution in [0.5, 0.6) is 11.5 Å². The number of amides is 2. The van der Waals surface area contributed by atoms with Crippen molar-refractivity contribution in [1.82, 2.24) is 9.88 Å². The summed E-state index contributed by atoms with van der Waals surface area (Å²) in [5.41, 5.74) is 1.54. The third-order valence-electron chi connectivity index (χ3n) is 4.71. The zero-order valence-electron chi connectivity index (χ0n) is 14.5. The highest BCUT2D eigenvalue weighted by Gasteiger charge is 2.43. The number of hydrogen-bond acceptors (Lipinski definition) is 4. The molecule has 27 heavy (non-hydrogen) atoms. The number of urea groups is 1. The van der Waals surface area contributed by atoms with Crippen LogP contribution in [0, 0.1) is 5.92 Å². The Kier molecular flexibility index (Phi) is 4.55. The number of pyridine rings is 1. The molecule has 1 aromatic carbocycles. The van der Waals surface area contributed by atoms with E-state index in [0.29, 0.717) is 25.2 Å². The van der Waals surface area contributed by atoms with Crippen molar-refractivity contribution in [3.05, 3.63) is 48.3 Å². The molecule has 2 aromatic rings. The minimum atomic E-state index is -3.60. The van der Waals surface area contributed by atoms with Gasteiger partial charge in [-0.05, 0) is 55.0 Å². The lowest BCUT2D eigenvalue weighted by atomic mass is 9.91. The van der Waals surface area contributed by atoms with Gasteiger partial charge in [0.25, 0.3) is 0 Å². The van der Waals surface area contributed by atoms with Crippen molar-refractivity contribution in [2.45, 2.75) is 25.6 Å². The molecule has 1 atom stereocenters. The van der Waals surface area contributed by atoms with E-state index in [1.165, 1.54) is 6.07 Å². The molecule has 1 fully saturated rings. The topological polar surface area (TPSA) is 63.7 Å². The molecule has 6 nitrogen and oxygen atoms in total. The van der Waals surface area contributed by atoms with Crippen molar-refractivity contribution < 1.29 is 23.0 Å². The number of piperidine rings is 1. The van der Waals surface area contributed by atoms with Gasteiger partial charge in [-0.3, -0.25) is 4.98 Å². The summed E-state index contributed by atoms with van der Waals surface area (Å²) in [5.74, 6) is 0.351. The molecule has 1 N–H and O–H groups in total. The van der Waals surface area contributed by atoms with Crippen molar-refractivity contribution in [2.24, 2.45) is 5.92 Å². The average molecular weight is 375 g/mol. The van der Waals surface area contributed by atoms with Gasteiger partial charge in [0.05, 0.1) is 11.9 Å². The molecule has 142 valence electrons. The van der Waals surface area contributed by atoms with Crippen LogP contribution in [0.2, 0.25) is 0 Å². The summed E-state index contributed by atoms with van der Waals surface area (Å²) in [4.78, 5) is 18.2. The zero-order chi connectivity index (χ0) is 18.9. The van der Waals surface area contributed by atoms with Crippen LogP contribution >= 0.6 is 0 Å². The Bertz CT molecular complexity index is 832. The fraction of sp³-hybridized carbons (Fsp3) is 0.368. The number of hydrogen-bond donors (Lipinski definition) is 1. The van der Waals surface area contributed by atoms with Crippen molar-refractivity contribution in [1.29, 1.82) is 0 Å². The van der Waals surface area contributed by atoms with Crippen LogP contribution in [0.4, 0.5) is 19.3 Å². The molecule has 2 amide bonds. The minimum Gasteiger partial charge on any atom is -0.395 e. The van der Waals surface area contributed by atoms with Crippen molar-refractivity contribution >= 4 is 11.7 Å². The minimum absolute atomic E-state index is 0.0462. The van der Waals surface area contributed by atoms with E-state index in [1.54, 1.807) is 41.6 Å². The molecule has 1 unspecified atom stereocenters. The van der Waals surface area contributed by atoms with Crippen LogP contribution in [0.1, 0.15) is 18.4 Å². The maximum atomic E-state index is 13.1. The summed E-state index contributed by atoms with van der Waals surface area (Å²) in [5, 5.41) is 2.84. The third-order valence-corrected chi connectivity index (χ3v) is 4.71. The van der Waals surface area contributed by atoms with Crippen LogP contribution in [0.15, 0.2) is 42.7 Å². The maximum absolute atomic E-state index is 13.1. The van der Waals surface area contributed by atoms with E-state index < -0.39 is 6.29 Å². The van der Waals surface area contributed by atoms with E-state index in [1.807, 2.05) is 0 Å². The largest absolute Gasteiger partial charge is 0.586 e. The molecule has 2 aliphatic heterocycles. The van der Waals surface area contributed by atoms with Gasteiger partial charge >= 0.3 is 12.3 Å². The fourth-order valence-corrected chi connectivity index (χ4v) is 3.51. The first kappa shape index (κ1) is 17.5. The average Bonchev–Trinajstić information content (AvgIpc) is 2.96. The lowest BCUT2D eigenvalue weighted by Gasteiger charge is -2.33. The molecule has 1 aromatic heterocycles. The van der Waals surface area contributed by atoms with Gasteiger partial charge in [-0.2, -0.15) is 0 Å². The number of aromatic nitrogens is 1. The quantitative estimate of drug-likeness (QED) is 0.884. The Morgan fingerprint density at radius 2 is 2.15 bits per heavy atom. The van der Waals surface area contributed by atoms with Crippen LogP contribution in [0.3, 0.4) is 0 Å². The number of nitrogens with one attached hydrogen (secondary N) is 1. The molecule has 8 heteroatoms. The lowest BCUT2D eigenvalue weighted by Crippen LogP contribution is -2.42. The number of nitrogens with zero attached hydrogens (tertiary/aromatic N) is 2. The number of ether oxygens (including phenoxy) is 2. The Hall–Kier alpha value is -2.90. The number of halogens is 2. The van der Waals surface area contributed by atoms with E-state index >= 15 is 0 Å². The van der Waals surface area contributed by atoms with Gasteiger partial charge < -0.3 is 19.7 Å². The highest BCUT2D eigenvalue weighted by Crippen LogP contribution is 2.41. The second-order valence-electron chi connectivity index (χ2n) is 6.78. The predicted octanol–water partition coefficient (Wildman–Crippen LogP) is 3.89. The summed E-state index contributed by atoms with van der Waals surface area (Å²) in [7, 11) is 0. The summed E-state index contributed by atoms with van der Waals surface area (Å²) in [6, 6.07) is 8.25. The molecular weight excluding hydrogens is 356 g/mol. The van der Waals surface area contributed by atoms with Crippen LogP contribution in [-0.4, -0.2) is 35.3 Å². The molecule has 4 rings (SSSR count). The number of rotatable bonds is 3. The van der Waals surface area contributed by atoms with Crippen molar-refractivity contribution in [3.63, 3.8) is 0 Å². The van der Waals surface area contributed by atoms with E-state index in [2.05, 4.69) is 19.8 Å². The fourth-order valence-electron chi connectivity index (χ4n) is 3.51. The molecule has 0 spiro atoms. The molecule has 0 aliphatic carbocycles. The van der Waals surface area contributed by atoms with Gasteiger partial charge in [0.15, 0.2) is 11.5 Å². The number of fused-ring (bicyclic) bond motifs is 1. The lowest BCUT2D eigenvalue weighted by molar-refractivity contribution is -0.286. The van der Waals surface area contributed by atoms with Gasteiger partial charge in [-0.25, -0.2) is 4.79 Å². The van der Waals surface area contributed by atoms with Gasteiger partial charge in [0.2, 0.25) is 0 Å². The molecule has 1 saturated heterocycles. The molecular formula is C19H19F2N3O3. The Morgan fingerprint density at radius 1 is 1.30 bits per heavy atom. The first-order valence-corrected chi connectivity index (χ1v) is 8.83. The van der Waals surface area contributed by atoms with Gasteiger partial charge in [0, 0.05) is 19.3 Å². The molecule has 2 aliphatic rings. The number of carbonyl (C=O) groups excluding carboxylic acids is 1. The second-order valence-corrected chi connectivity index (χ2v) is 6.78. The Balaban J connectivity index is 1.37.